The molecule has 8 nitrogen and oxygen atoms in total. The fourth-order valence-electron chi connectivity index (χ4n) is 5.78. The molecule has 2 bridgehead atoms. The number of nitrogens with zero attached hydrogens (tertiary/aromatic N) is 3. The van der Waals surface area contributed by atoms with Crippen molar-refractivity contribution in [3.05, 3.63) is 47.6 Å². The molecule has 2 aromatic heterocycles. The van der Waals surface area contributed by atoms with Gasteiger partial charge in [-0.1, -0.05) is 12.2 Å². The van der Waals surface area contributed by atoms with Crippen LogP contribution in [-0.4, -0.2) is 53.1 Å². The molecule has 0 radical (unpaired) electrons. The van der Waals surface area contributed by atoms with Crippen molar-refractivity contribution >= 4 is 44.9 Å². The zero-order valence-electron chi connectivity index (χ0n) is 20.0. The number of primary amides is 1. The fourth-order valence-corrected chi connectivity index (χ4v) is 6.57. The molecular weight excluding hydrogens is 479 g/mol. The number of hydrogen-bond donors (Lipinski definition) is 3. The van der Waals surface area contributed by atoms with Crippen LogP contribution in [0.3, 0.4) is 0 Å². The number of fused-ring (bicyclic) bond motifs is 3. The SMILES string of the molecule is CN1CCCC1COc1ccc(Nc2nc(NC3C4C=CC(C4)C3C(N)=O)c3sccc3n2)cc1F. The van der Waals surface area contributed by atoms with Crippen LogP contribution >= 0.6 is 11.3 Å². The minimum Gasteiger partial charge on any atom is -0.489 e. The predicted octanol–water partition coefficient (Wildman–Crippen LogP) is 4.13. The van der Waals surface area contributed by atoms with E-state index in [1.807, 2.05) is 11.4 Å². The van der Waals surface area contributed by atoms with Crippen molar-refractivity contribution in [1.29, 1.82) is 0 Å². The number of likely N-dealkylation sites (tertiary alicyclic amines) is 1. The Morgan fingerprint density at radius 2 is 2.14 bits per heavy atom. The van der Waals surface area contributed by atoms with Crippen molar-refractivity contribution in [2.75, 3.05) is 30.8 Å². The van der Waals surface area contributed by atoms with E-state index in [9.17, 15) is 9.18 Å². The number of aromatic nitrogens is 2. The Balaban J connectivity index is 1.20. The van der Waals surface area contributed by atoms with E-state index in [1.54, 1.807) is 12.1 Å². The number of nitrogens with two attached hydrogens (primary N) is 1. The number of carbonyl (C=O) groups is 1. The second-order valence-corrected chi connectivity index (χ2v) is 10.9. The molecule has 5 atom stereocenters. The van der Waals surface area contributed by atoms with Gasteiger partial charge in [-0.2, -0.15) is 4.98 Å². The van der Waals surface area contributed by atoms with Crippen LogP contribution in [0.2, 0.25) is 0 Å². The Bertz CT molecular complexity index is 1330. The summed E-state index contributed by atoms with van der Waals surface area (Å²) in [4.78, 5) is 23.7. The molecule has 3 aromatic rings. The van der Waals surface area contributed by atoms with Gasteiger partial charge in [-0.3, -0.25) is 4.79 Å². The van der Waals surface area contributed by atoms with Crippen LogP contribution in [0.1, 0.15) is 19.3 Å². The third kappa shape index (κ3) is 4.28. The molecule has 4 N–H and O–H groups in total. The normalized spacial score (nSPS) is 27.1. The first-order valence-corrected chi connectivity index (χ1v) is 13.2. The molecule has 2 fully saturated rings. The molecule has 188 valence electrons. The van der Waals surface area contributed by atoms with Crippen LogP contribution in [0.4, 0.5) is 21.8 Å². The van der Waals surface area contributed by atoms with Crippen LogP contribution in [-0.2, 0) is 4.79 Å². The standard InChI is InChI=1S/C26H29FN6O2S/c1-33-9-2-3-17(33)13-35-20-7-6-16(12-18(20)27)29-26-30-19-8-10-36-23(19)25(32-26)31-22-15-5-4-14(11-15)21(22)24(28)34/h4-8,10,12,14-15,17,21-22H,2-3,9,11,13H2,1H3,(H2,28,34)(H2,29,30,31,32). The third-order valence-electron chi connectivity index (χ3n) is 7.69. The topological polar surface area (TPSA) is 105 Å². The molecule has 36 heavy (non-hydrogen) atoms. The highest BCUT2D eigenvalue weighted by atomic mass is 32.1. The van der Waals surface area contributed by atoms with E-state index in [0.29, 0.717) is 30.1 Å². The highest BCUT2D eigenvalue weighted by Gasteiger charge is 2.47. The number of allylic oxidation sites excluding steroid dienone is 1. The maximum Gasteiger partial charge on any atom is 0.229 e. The molecule has 1 amide bonds. The highest BCUT2D eigenvalue weighted by molar-refractivity contribution is 7.17. The van der Waals surface area contributed by atoms with Crippen molar-refractivity contribution < 1.29 is 13.9 Å². The number of carbonyl (C=O) groups excluding carboxylic acids is 1. The van der Waals surface area contributed by atoms with Gasteiger partial charge in [-0.05, 0) is 68.3 Å². The molecular formula is C26H29FN6O2S. The van der Waals surface area contributed by atoms with E-state index in [-0.39, 0.29) is 35.5 Å². The Hall–Kier alpha value is -3.24. The lowest BCUT2D eigenvalue weighted by Crippen LogP contribution is -2.41. The minimum absolute atomic E-state index is 0.113. The van der Waals surface area contributed by atoms with Crippen LogP contribution in [0.5, 0.6) is 5.75 Å². The lowest BCUT2D eigenvalue weighted by Gasteiger charge is -2.27. The molecule has 1 saturated heterocycles. The number of ether oxygens (including phenoxy) is 1. The predicted molar refractivity (Wildman–Crippen MR) is 139 cm³/mol. The number of benzene rings is 1. The van der Waals surface area contributed by atoms with Gasteiger partial charge in [0.1, 0.15) is 12.4 Å². The monoisotopic (exact) mass is 508 g/mol. The molecule has 0 spiro atoms. The maximum absolute atomic E-state index is 14.8. The van der Waals surface area contributed by atoms with Gasteiger partial charge in [0.05, 0.1) is 16.1 Å². The van der Waals surface area contributed by atoms with Crippen molar-refractivity contribution in [3.8, 4) is 5.75 Å². The van der Waals surface area contributed by atoms with E-state index < -0.39 is 5.82 Å². The summed E-state index contributed by atoms with van der Waals surface area (Å²) >= 11 is 1.53. The summed E-state index contributed by atoms with van der Waals surface area (Å²) in [7, 11) is 2.07. The summed E-state index contributed by atoms with van der Waals surface area (Å²) in [6.45, 7) is 1.52. The number of halogens is 1. The second kappa shape index (κ2) is 9.33. The van der Waals surface area contributed by atoms with Gasteiger partial charge in [0.15, 0.2) is 11.6 Å². The van der Waals surface area contributed by atoms with Gasteiger partial charge in [0.25, 0.3) is 0 Å². The van der Waals surface area contributed by atoms with Crippen LogP contribution in [0.15, 0.2) is 41.8 Å². The van der Waals surface area contributed by atoms with Gasteiger partial charge in [0, 0.05) is 23.8 Å². The maximum atomic E-state index is 14.8. The molecule has 1 aromatic carbocycles. The second-order valence-electron chi connectivity index (χ2n) is 9.94. The number of hydrogen-bond acceptors (Lipinski definition) is 8. The van der Waals surface area contributed by atoms with Crippen molar-refractivity contribution in [2.24, 2.45) is 23.5 Å². The summed E-state index contributed by atoms with van der Waals surface area (Å²) in [6, 6.07) is 6.91. The van der Waals surface area contributed by atoms with E-state index in [0.717, 1.165) is 36.0 Å². The average Bonchev–Trinajstić information content (AvgIpc) is 3.63. The summed E-state index contributed by atoms with van der Waals surface area (Å²) in [5.74, 6) is 0.631. The number of rotatable bonds is 8. The number of likely N-dealkylation sites (N-methyl/N-ethyl adjacent to an activating group) is 1. The highest BCUT2D eigenvalue weighted by Crippen LogP contribution is 2.45. The van der Waals surface area contributed by atoms with Gasteiger partial charge < -0.3 is 26.0 Å². The Labute approximate surface area is 212 Å². The lowest BCUT2D eigenvalue weighted by molar-refractivity contribution is -0.122. The number of anilines is 3. The van der Waals surface area contributed by atoms with Gasteiger partial charge in [-0.15, -0.1) is 11.3 Å². The molecule has 3 aliphatic rings. The molecule has 6 rings (SSSR count). The summed E-state index contributed by atoms with van der Waals surface area (Å²) in [5, 5.41) is 8.57. The quantitative estimate of drug-likeness (QED) is 0.393. The minimum atomic E-state index is -0.436. The Morgan fingerprint density at radius 1 is 1.28 bits per heavy atom. The number of nitrogens with one attached hydrogen (secondary N) is 2. The third-order valence-corrected chi connectivity index (χ3v) is 8.60. The molecule has 1 saturated carbocycles. The molecule has 3 heterocycles. The van der Waals surface area contributed by atoms with E-state index in [2.05, 4.69) is 39.7 Å². The van der Waals surface area contributed by atoms with Crippen LogP contribution in [0, 0.1) is 23.6 Å². The molecule has 1 aliphatic heterocycles. The Morgan fingerprint density at radius 3 is 2.92 bits per heavy atom. The molecule has 10 heteroatoms. The van der Waals surface area contributed by atoms with Crippen molar-refractivity contribution in [1.82, 2.24) is 14.9 Å². The van der Waals surface area contributed by atoms with E-state index in [4.69, 9.17) is 15.5 Å². The fraction of sp³-hybridized carbons (Fsp3) is 0.423. The van der Waals surface area contributed by atoms with E-state index >= 15 is 0 Å². The van der Waals surface area contributed by atoms with Crippen molar-refractivity contribution in [3.63, 3.8) is 0 Å². The van der Waals surface area contributed by atoms with Crippen LogP contribution in [0.25, 0.3) is 10.2 Å². The number of amides is 1. The average molecular weight is 509 g/mol. The van der Waals surface area contributed by atoms with E-state index in [1.165, 1.54) is 17.4 Å². The Kier molecular flexibility index (Phi) is 6.00. The first-order valence-electron chi connectivity index (χ1n) is 12.4. The van der Waals surface area contributed by atoms with Gasteiger partial charge in [-0.25, -0.2) is 9.37 Å². The largest absolute Gasteiger partial charge is 0.489 e. The summed E-state index contributed by atoms with van der Waals surface area (Å²) in [5.41, 5.74) is 7.04. The van der Waals surface area contributed by atoms with Crippen LogP contribution < -0.4 is 21.1 Å². The smallest absolute Gasteiger partial charge is 0.229 e. The lowest BCUT2D eigenvalue weighted by atomic mass is 9.88. The van der Waals surface area contributed by atoms with Gasteiger partial charge >= 0.3 is 0 Å². The van der Waals surface area contributed by atoms with Gasteiger partial charge in [0.2, 0.25) is 11.9 Å². The molecule has 5 unspecified atom stereocenters. The zero-order valence-corrected chi connectivity index (χ0v) is 20.8. The first kappa shape index (κ1) is 23.2. The summed E-state index contributed by atoms with van der Waals surface area (Å²) < 4.78 is 21.5. The molecule has 2 aliphatic carbocycles. The number of thiophene rings is 1. The van der Waals surface area contributed by atoms with Crippen molar-refractivity contribution in [2.45, 2.75) is 31.3 Å². The zero-order chi connectivity index (χ0) is 24.8. The summed E-state index contributed by atoms with van der Waals surface area (Å²) in [6.07, 6.45) is 7.38. The first-order chi connectivity index (χ1) is 17.5.